The van der Waals surface area contributed by atoms with Crippen molar-refractivity contribution in [2.75, 3.05) is 0 Å². The van der Waals surface area contributed by atoms with Crippen molar-refractivity contribution < 1.29 is 13.7 Å². The van der Waals surface area contributed by atoms with Crippen molar-refractivity contribution >= 4 is 12.2 Å². The van der Waals surface area contributed by atoms with Crippen LogP contribution in [0.3, 0.4) is 0 Å². The Bertz CT molecular complexity index is 1050. The molecule has 1 aliphatic carbocycles. The zero-order chi connectivity index (χ0) is 20.4. The Hall–Kier alpha value is -2.64. The first kappa shape index (κ1) is 19.7. The number of quaternary nitrogens is 1. The average molecular weight is 414 g/mol. The lowest BCUT2D eigenvalue weighted by Gasteiger charge is -2.19. The molecular formula is C22H23F2N4S+. The summed E-state index contributed by atoms with van der Waals surface area (Å²) in [7, 11) is 0. The van der Waals surface area contributed by atoms with E-state index >= 15 is 0 Å². The molecule has 7 heteroatoms. The fourth-order valence-electron chi connectivity index (χ4n) is 3.53. The average Bonchev–Trinajstić information content (AvgIpc) is 3.52. The topological polar surface area (TPSA) is 27.2 Å². The molecule has 150 valence electrons. The molecule has 0 saturated heterocycles. The highest BCUT2D eigenvalue weighted by atomic mass is 32.1. The van der Waals surface area contributed by atoms with Gasteiger partial charge in [-0.05, 0) is 48.6 Å². The highest BCUT2D eigenvalue weighted by Gasteiger charge is 2.34. The van der Waals surface area contributed by atoms with E-state index in [-0.39, 0.29) is 11.6 Å². The van der Waals surface area contributed by atoms with Gasteiger partial charge in [0, 0.05) is 30.5 Å². The van der Waals surface area contributed by atoms with Gasteiger partial charge in [0.25, 0.3) is 0 Å². The minimum atomic E-state index is -0.286. The highest BCUT2D eigenvalue weighted by molar-refractivity contribution is 7.71. The normalized spacial score (nSPS) is 14.7. The quantitative estimate of drug-likeness (QED) is 0.450. The first-order valence-electron chi connectivity index (χ1n) is 9.68. The molecule has 0 bridgehead atoms. The second-order valence-electron chi connectivity index (χ2n) is 7.41. The van der Waals surface area contributed by atoms with E-state index in [0.717, 1.165) is 17.7 Å². The van der Waals surface area contributed by atoms with Crippen LogP contribution in [0.25, 0.3) is 11.4 Å². The van der Waals surface area contributed by atoms with Crippen LogP contribution in [0.5, 0.6) is 0 Å². The standard InChI is InChI=1S/C22H22F2N4S/c1-2-13-27-21(17-5-9-19(24)10-6-17)25-28(22(27)29)15-26(20-11-12-20)14-16-3-7-18(23)8-4-16/h2-10,20H,1,11-15H2/p+1. The number of hydrogen-bond donors (Lipinski definition) is 1. The largest absolute Gasteiger partial charge is 0.310 e. The predicted octanol–water partition coefficient (Wildman–Crippen LogP) is 3.75. The molecule has 4 nitrogen and oxygen atoms in total. The molecule has 3 aromatic rings. The molecule has 1 fully saturated rings. The van der Waals surface area contributed by atoms with E-state index in [4.69, 9.17) is 17.3 Å². The van der Waals surface area contributed by atoms with Crippen molar-refractivity contribution in [3.05, 3.63) is 83.2 Å². The van der Waals surface area contributed by atoms with E-state index in [1.807, 2.05) is 21.4 Å². The van der Waals surface area contributed by atoms with E-state index in [1.54, 1.807) is 18.2 Å². The van der Waals surface area contributed by atoms with Crippen molar-refractivity contribution in [1.82, 2.24) is 14.3 Å². The smallest absolute Gasteiger partial charge is 0.203 e. The zero-order valence-corrected chi connectivity index (χ0v) is 16.8. The van der Waals surface area contributed by atoms with Gasteiger partial charge in [0.15, 0.2) is 12.5 Å². The van der Waals surface area contributed by atoms with Gasteiger partial charge in [-0.3, -0.25) is 4.57 Å². The number of allylic oxidation sites excluding steroid dienone is 1. The zero-order valence-electron chi connectivity index (χ0n) is 16.0. The molecule has 1 N–H and O–H groups in total. The fourth-order valence-corrected chi connectivity index (χ4v) is 3.79. The number of aromatic nitrogens is 3. The van der Waals surface area contributed by atoms with E-state index in [0.29, 0.717) is 29.9 Å². The van der Waals surface area contributed by atoms with Crippen LogP contribution in [0.1, 0.15) is 18.4 Å². The first-order chi connectivity index (χ1) is 14.0. The lowest BCUT2D eigenvalue weighted by atomic mass is 10.2. The van der Waals surface area contributed by atoms with E-state index in [1.165, 1.54) is 42.0 Å². The van der Waals surface area contributed by atoms with Gasteiger partial charge in [-0.25, -0.2) is 8.78 Å². The minimum Gasteiger partial charge on any atom is -0.310 e. The third-order valence-corrected chi connectivity index (χ3v) is 5.62. The molecule has 4 rings (SSSR count). The number of hydrogen-bond acceptors (Lipinski definition) is 2. The Morgan fingerprint density at radius 1 is 1.07 bits per heavy atom. The van der Waals surface area contributed by atoms with Crippen LogP contribution < -0.4 is 4.90 Å². The van der Waals surface area contributed by atoms with Gasteiger partial charge in [-0.2, -0.15) is 4.68 Å². The SMILES string of the molecule is C=CCn1c(-c2ccc(F)cc2)nn(C[NH+](Cc2ccc(F)cc2)C2CC2)c1=S. The van der Waals surface area contributed by atoms with Crippen molar-refractivity contribution in [2.45, 2.75) is 38.6 Å². The molecule has 1 atom stereocenters. The van der Waals surface area contributed by atoms with Crippen LogP contribution in [0.2, 0.25) is 0 Å². The van der Waals surface area contributed by atoms with Gasteiger partial charge in [0.05, 0.1) is 6.04 Å². The van der Waals surface area contributed by atoms with Crippen molar-refractivity contribution in [3.8, 4) is 11.4 Å². The van der Waals surface area contributed by atoms with E-state index < -0.39 is 0 Å². The van der Waals surface area contributed by atoms with E-state index in [9.17, 15) is 8.78 Å². The van der Waals surface area contributed by atoms with Gasteiger partial charge in [0.1, 0.15) is 18.2 Å². The van der Waals surface area contributed by atoms with Gasteiger partial charge in [-0.1, -0.05) is 18.2 Å². The molecule has 1 unspecified atom stereocenters. The Morgan fingerprint density at radius 3 is 2.28 bits per heavy atom. The lowest BCUT2D eigenvalue weighted by Crippen LogP contribution is -3.11. The number of benzene rings is 2. The van der Waals surface area contributed by atoms with E-state index in [2.05, 4.69) is 6.58 Å². The van der Waals surface area contributed by atoms with Gasteiger partial charge >= 0.3 is 0 Å². The fraction of sp³-hybridized carbons (Fsp3) is 0.273. The summed E-state index contributed by atoms with van der Waals surface area (Å²) >= 11 is 5.69. The molecule has 0 amide bonds. The third-order valence-electron chi connectivity index (χ3n) is 5.19. The van der Waals surface area contributed by atoms with Crippen LogP contribution in [0.4, 0.5) is 8.78 Å². The summed E-state index contributed by atoms with van der Waals surface area (Å²) in [6, 6.07) is 13.5. The van der Waals surface area contributed by atoms with Gasteiger partial charge in [0.2, 0.25) is 4.77 Å². The molecule has 1 saturated carbocycles. The Balaban J connectivity index is 1.63. The molecule has 29 heavy (non-hydrogen) atoms. The second kappa shape index (κ2) is 8.39. The van der Waals surface area contributed by atoms with Gasteiger partial charge in [-0.15, -0.1) is 11.7 Å². The lowest BCUT2D eigenvalue weighted by molar-refractivity contribution is -0.947. The summed E-state index contributed by atoms with van der Waals surface area (Å²) < 4.78 is 30.9. The summed E-state index contributed by atoms with van der Waals surface area (Å²) in [5.41, 5.74) is 1.90. The molecule has 0 aliphatic heterocycles. The monoisotopic (exact) mass is 413 g/mol. The molecule has 2 aromatic carbocycles. The number of nitrogens with one attached hydrogen (secondary N) is 1. The molecule has 1 heterocycles. The van der Waals surface area contributed by atoms with Crippen LogP contribution in [0, 0.1) is 16.4 Å². The minimum absolute atomic E-state index is 0.226. The summed E-state index contributed by atoms with van der Waals surface area (Å²) in [4.78, 5) is 1.35. The maximum Gasteiger partial charge on any atom is 0.203 e. The third kappa shape index (κ3) is 4.52. The summed E-state index contributed by atoms with van der Waals surface area (Å²) in [6.07, 6.45) is 4.11. The van der Waals surface area contributed by atoms with Crippen molar-refractivity contribution in [3.63, 3.8) is 0 Å². The maximum atomic E-state index is 13.3. The van der Waals surface area contributed by atoms with Crippen molar-refractivity contribution in [1.29, 1.82) is 0 Å². The number of rotatable bonds is 8. The summed E-state index contributed by atoms with van der Waals surface area (Å²) in [5.74, 6) is 0.188. The van der Waals surface area contributed by atoms with Gasteiger partial charge < -0.3 is 4.90 Å². The molecule has 1 aromatic heterocycles. The summed E-state index contributed by atoms with van der Waals surface area (Å²) in [5, 5.41) is 4.76. The Labute approximate surface area is 173 Å². The molecule has 0 radical (unpaired) electrons. The Kier molecular flexibility index (Phi) is 5.69. The Morgan fingerprint density at radius 2 is 1.69 bits per heavy atom. The number of halogens is 2. The second-order valence-corrected chi connectivity index (χ2v) is 7.77. The van der Waals surface area contributed by atoms with Crippen LogP contribution >= 0.6 is 12.2 Å². The molecule has 1 aliphatic rings. The van der Waals surface area contributed by atoms with Crippen LogP contribution in [-0.2, 0) is 19.8 Å². The van der Waals surface area contributed by atoms with Crippen molar-refractivity contribution in [2.24, 2.45) is 0 Å². The highest BCUT2D eigenvalue weighted by Crippen LogP contribution is 2.20. The molecule has 0 spiro atoms. The first-order valence-corrected chi connectivity index (χ1v) is 10.1. The maximum absolute atomic E-state index is 13.3. The van der Waals surface area contributed by atoms with Crippen LogP contribution in [-0.4, -0.2) is 20.4 Å². The number of nitrogens with zero attached hydrogens (tertiary/aromatic N) is 3. The predicted molar refractivity (Wildman–Crippen MR) is 111 cm³/mol. The molecular weight excluding hydrogens is 390 g/mol. The summed E-state index contributed by atoms with van der Waals surface area (Å²) in [6.45, 7) is 5.76. The van der Waals surface area contributed by atoms with Crippen LogP contribution in [0.15, 0.2) is 61.2 Å².